The van der Waals surface area contributed by atoms with E-state index in [9.17, 15) is 45.9 Å². The molecule has 38 heavy (non-hydrogen) atoms. The van der Waals surface area contributed by atoms with Crippen molar-refractivity contribution < 1.29 is 40.6 Å². The molecule has 0 aliphatic heterocycles. The van der Waals surface area contributed by atoms with Gasteiger partial charge in [-0.1, -0.05) is 48.5 Å². The maximum absolute atomic E-state index is 14.4. The molecule has 12 heteroatoms. The molecule has 1 saturated carbocycles. The van der Waals surface area contributed by atoms with Gasteiger partial charge in [0.25, 0.3) is 0 Å². The number of hydrogen-bond donors (Lipinski definition) is 2. The van der Waals surface area contributed by atoms with Crippen LogP contribution < -0.4 is 5.73 Å². The third-order valence-corrected chi connectivity index (χ3v) is 6.32. The van der Waals surface area contributed by atoms with Crippen LogP contribution in [0.25, 0.3) is 11.1 Å². The number of nitriles is 1. The van der Waals surface area contributed by atoms with Crippen LogP contribution in [0.15, 0.2) is 48.5 Å². The maximum atomic E-state index is 14.4. The number of nitrogens with two attached hydrogens (primary N) is 1. The number of alkyl halides is 7. The van der Waals surface area contributed by atoms with Crippen molar-refractivity contribution in [3.8, 4) is 17.2 Å². The van der Waals surface area contributed by atoms with Gasteiger partial charge in [-0.25, -0.2) is 4.39 Å². The standard InChI is InChI=1S/C26H26F7N3O2/c1-23(2,27)13-19(35)22(38)36(24(14-34)11-12-24)20(25(28,29)30)17-7-3-15(4-8-17)16-5-9-18(10-6-16)21(37)26(31,32)33/h3-10,19-21,37H,11-13,35H2,1-2H3/t19-,20?,21?/m0/s1. The molecule has 0 saturated heterocycles. The lowest BCUT2D eigenvalue weighted by Gasteiger charge is -2.38. The molecule has 0 radical (unpaired) electrons. The molecule has 1 fully saturated rings. The van der Waals surface area contributed by atoms with E-state index in [-0.39, 0.29) is 18.4 Å². The number of carbonyl (C=O) groups is 1. The van der Waals surface area contributed by atoms with Crippen LogP contribution in [0.5, 0.6) is 0 Å². The number of aliphatic hydroxyl groups is 1. The predicted molar refractivity (Wildman–Crippen MR) is 124 cm³/mol. The number of nitrogens with zero attached hydrogens (tertiary/aromatic N) is 2. The predicted octanol–water partition coefficient (Wildman–Crippen LogP) is 5.90. The zero-order chi connectivity index (χ0) is 28.7. The van der Waals surface area contributed by atoms with Crippen molar-refractivity contribution in [2.75, 3.05) is 0 Å². The van der Waals surface area contributed by atoms with Gasteiger partial charge in [0, 0.05) is 6.42 Å². The molecule has 0 spiro atoms. The average molecular weight is 545 g/mol. The molecule has 2 aromatic carbocycles. The first-order valence-corrected chi connectivity index (χ1v) is 11.6. The van der Waals surface area contributed by atoms with Crippen LogP contribution in [0, 0.1) is 11.3 Å². The van der Waals surface area contributed by atoms with Crippen LogP contribution in [-0.2, 0) is 4.79 Å². The molecule has 1 aliphatic carbocycles. The van der Waals surface area contributed by atoms with Crippen molar-refractivity contribution in [1.29, 1.82) is 5.26 Å². The first kappa shape index (κ1) is 29.4. The Bertz CT molecular complexity index is 1180. The lowest BCUT2D eigenvalue weighted by atomic mass is 9.95. The van der Waals surface area contributed by atoms with Crippen molar-refractivity contribution in [2.24, 2.45) is 5.73 Å². The number of amides is 1. The Morgan fingerprint density at radius 1 is 0.947 bits per heavy atom. The third kappa shape index (κ3) is 6.45. The SMILES string of the molecule is CC(C)(F)C[C@H](N)C(=O)N(C(c1ccc(-c2ccc(C(O)C(F)(F)F)cc2)cc1)C(F)(F)F)C1(C#N)CC1. The summed E-state index contributed by atoms with van der Waals surface area (Å²) in [6, 6.07) is 7.10. The highest BCUT2D eigenvalue weighted by molar-refractivity contribution is 5.84. The molecule has 2 unspecified atom stereocenters. The van der Waals surface area contributed by atoms with Crippen LogP contribution in [0.3, 0.4) is 0 Å². The van der Waals surface area contributed by atoms with E-state index >= 15 is 0 Å². The first-order chi connectivity index (χ1) is 17.4. The summed E-state index contributed by atoms with van der Waals surface area (Å²) in [5.41, 5.74) is 2.09. The highest BCUT2D eigenvalue weighted by Crippen LogP contribution is 2.50. The van der Waals surface area contributed by atoms with Gasteiger partial charge in [-0.2, -0.15) is 31.6 Å². The van der Waals surface area contributed by atoms with Crippen molar-refractivity contribution in [3.05, 3.63) is 59.7 Å². The Morgan fingerprint density at radius 2 is 1.39 bits per heavy atom. The average Bonchev–Trinajstić information content (AvgIpc) is 3.60. The quantitative estimate of drug-likeness (QED) is 0.404. The van der Waals surface area contributed by atoms with E-state index in [1.165, 1.54) is 24.3 Å². The molecular weight excluding hydrogens is 519 g/mol. The van der Waals surface area contributed by atoms with E-state index in [0.29, 0.717) is 16.0 Å². The zero-order valence-corrected chi connectivity index (χ0v) is 20.4. The van der Waals surface area contributed by atoms with Gasteiger partial charge < -0.3 is 15.7 Å². The Morgan fingerprint density at radius 3 is 1.74 bits per heavy atom. The molecule has 5 nitrogen and oxygen atoms in total. The van der Waals surface area contributed by atoms with Gasteiger partial charge in [0.15, 0.2) is 12.1 Å². The van der Waals surface area contributed by atoms with Crippen LogP contribution in [0.4, 0.5) is 30.7 Å². The van der Waals surface area contributed by atoms with E-state index in [1.54, 1.807) is 6.07 Å². The summed E-state index contributed by atoms with van der Waals surface area (Å²) in [6.45, 7) is 2.27. The summed E-state index contributed by atoms with van der Waals surface area (Å²) in [4.78, 5) is 13.6. The van der Waals surface area contributed by atoms with E-state index in [2.05, 4.69) is 0 Å². The van der Waals surface area contributed by atoms with Gasteiger partial charge in [-0.3, -0.25) is 4.79 Å². The number of rotatable bonds is 8. The highest BCUT2D eigenvalue weighted by atomic mass is 19.4. The van der Waals surface area contributed by atoms with Gasteiger partial charge in [0.1, 0.15) is 11.2 Å². The van der Waals surface area contributed by atoms with Crippen LogP contribution in [-0.4, -0.2) is 45.5 Å². The molecule has 0 bridgehead atoms. The number of benzene rings is 2. The van der Waals surface area contributed by atoms with E-state index < -0.39 is 59.6 Å². The first-order valence-electron chi connectivity index (χ1n) is 11.6. The van der Waals surface area contributed by atoms with Crippen LogP contribution in [0.1, 0.15) is 56.4 Å². The van der Waals surface area contributed by atoms with E-state index in [0.717, 1.165) is 38.1 Å². The van der Waals surface area contributed by atoms with Crippen molar-refractivity contribution >= 4 is 5.91 Å². The van der Waals surface area contributed by atoms with Crippen molar-refractivity contribution in [3.63, 3.8) is 0 Å². The van der Waals surface area contributed by atoms with Gasteiger partial charge in [-0.15, -0.1) is 0 Å². The highest BCUT2D eigenvalue weighted by Gasteiger charge is 2.60. The molecule has 3 rings (SSSR count). The van der Waals surface area contributed by atoms with Gasteiger partial charge >= 0.3 is 12.4 Å². The minimum Gasteiger partial charge on any atom is -0.379 e. The summed E-state index contributed by atoms with van der Waals surface area (Å²) in [5, 5.41) is 19.0. The number of aliphatic hydroxyl groups excluding tert-OH is 1. The number of hydrogen-bond acceptors (Lipinski definition) is 4. The molecular formula is C26H26F7N3O2. The summed E-state index contributed by atoms with van der Waals surface area (Å²) in [6.07, 6.45) is -13.1. The summed E-state index contributed by atoms with van der Waals surface area (Å²) >= 11 is 0. The zero-order valence-electron chi connectivity index (χ0n) is 20.4. The summed E-state index contributed by atoms with van der Waals surface area (Å²) in [5.74, 6) is -1.19. The second-order valence-electron chi connectivity index (χ2n) is 10.0. The Balaban J connectivity index is 1.97. The van der Waals surface area contributed by atoms with E-state index in [1.807, 2.05) is 0 Å². The molecule has 2 aromatic rings. The minimum atomic E-state index is -5.01. The molecule has 1 amide bonds. The Hall–Kier alpha value is -3.17. The third-order valence-electron chi connectivity index (χ3n) is 6.32. The fourth-order valence-corrected chi connectivity index (χ4v) is 4.29. The van der Waals surface area contributed by atoms with Crippen LogP contribution in [0.2, 0.25) is 0 Å². The normalized spacial score (nSPS) is 17.7. The lowest BCUT2D eigenvalue weighted by Crippen LogP contribution is -2.55. The van der Waals surface area contributed by atoms with E-state index in [4.69, 9.17) is 5.73 Å². The molecule has 206 valence electrons. The van der Waals surface area contributed by atoms with Crippen LogP contribution >= 0.6 is 0 Å². The van der Waals surface area contributed by atoms with Gasteiger partial charge in [-0.05, 0) is 48.9 Å². The number of carbonyl (C=O) groups excluding carboxylic acids is 1. The largest absolute Gasteiger partial charge is 0.418 e. The van der Waals surface area contributed by atoms with Crippen molar-refractivity contribution in [1.82, 2.24) is 4.90 Å². The molecule has 0 aromatic heterocycles. The fourth-order valence-electron chi connectivity index (χ4n) is 4.29. The Kier molecular flexibility index (Phi) is 7.88. The second-order valence-corrected chi connectivity index (χ2v) is 10.0. The van der Waals surface area contributed by atoms with Crippen molar-refractivity contribution in [2.45, 2.75) is 74.9 Å². The summed E-state index contributed by atoms with van der Waals surface area (Å²) in [7, 11) is 0. The minimum absolute atomic E-state index is 0.00175. The number of halogens is 7. The molecule has 3 N–H and O–H groups in total. The fraction of sp³-hybridized carbons (Fsp3) is 0.462. The maximum Gasteiger partial charge on any atom is 0.418 e. The smallest absolute Gasteiger partial charge is 0.379 e. The second kappa shape index (κ2) is 10.2. The monoisotopic (exact) mass is 545 g/mol. The topological polar surface area (TPSA) is 90.3 Å². The lowest BCUT2D eigenvalue weighted by molar-refractivity contribution is -0.206. The molecule has 3 atom stereocenters. The molecule has 1 aliphatic rings. The Labute approximate surface area is 214 Å². The van der Waals surface area contributed by atoms with Gasteiger partial charge in [0.05, 0.1) is 12.1 Å². The van der Waals surface area contributed by atoms with Gasteiger partial charge in [0.2, 0.25) is 5.91 Å². The summed E-state index contributed by atoms with van der Waals surface area (Å²) < 4.78 is 95.6. The molecule has 0 heterocycles.